The lowest BCUT2D eigenvalue weighted by Crippen LogP contribution is -2.15. The van der Waals surface area contributed by atoms with E-state index in [-0.39, 0.29) is 12.0 Å². The largest absolute Gasteiger partial charge is 0.490 e. The zero-order chi connectivity index (χ0) is 15.2. The summed E-state index contributed by atoms with van der Waals surface area (Å²) in [5.74, 6) is 0.440. The van der Waals surface area contributed by atoms with E-state index >= 15 is 0 Å². The van der Waals surface area contributed by atoms with Gasteiger partial charge in [-0.15, -0.1) is 11.8 Å². The fourth-order valence-electron chi connectivity index (χ4n) is 1.91. The number of benzene rings is 2. The molecule has 0 spiro atoms. The molecule has 0 aliphatic heterocycles. The summed E-state index contributed by atoms with van der Waals surface area (Å²) in [6.07, 6.45) is 2.03. The Morgan fingerprint density at radius 2 is 1.90 bits per heavy atom. The van der Waals surface area contributed by atoms with E-state index in [0.717, 1.165) is 10.6 Å². The van der Waals surface area contributed by atoms with Crippen LogP contribution < -0.4 is 10.1 Å². The summed E-state index contributed by atoms with van der Waals surface area (Å²) < 4.78 is 5.68. The molecule has 110 valence electrons. The lowest BCUT2D eigenvalue weighted by molar-refractivity contribution is 0.102. The molecule has 0 heterocycles. The number of rotatable bonds is 5. The van der Waals surface area contributed by atoms with Crippen LogP contribution in [0.3, 0.4) is 0 Å². The standard InChI is InChI=1S/C17H19NO2S/c1-12(2)20-16-10-5-4-9-15(16)17(19)18-13-7-6-8-14(11-13)21-3/h4-12H,1-3H3,(H,18,19). The first kappa shape index (κ1) is 15.4. The summed E-state index contributed by atoms with van der Waals surface area (Å²) >= 11 is 1.64. The summed E-state index contributed by atoms with van der Waals surface area (Å²) in [5, 5.41) is 2.91. The number of ether oxygens (including phenoxy) is 1. The summed E-state index contributed by atoms with van der Waals surface area (Å²) in [4.78, 5) is 13.5. The van der Waals surface area contributed by atoms with Crippen molar-refractivity contribution >= 4 is 23.4 Å². The number of thioether (sulfide) groups is 1. The minimum atomic E-state index is -0.162. The van der Waals surface area contributed by atoms with Gasteiger partial charge in [0.05, 0.1) is 11.7 Å². The van der Waals surface area contributed by atoms with Crippen molar-refractivity contribution in [2.24, 2.45) is 0 Å². The van der Waals surface area contributed by atoms with Gasteiger partial charge >= 0.3 is 0 Å². The Labute approximate surface area is 129 Å². The summed E-state index contributed by atoms with van der Waals surface area (Å²) in [6.45, 7) is 3.88. The monoisotopic (exact) mass is 301 g/mol. The van der Waals surface area contributed by atoms with Crippen LogP contribution in [0, 0.1) is 0 Å². The maximum Gasteiger partial charge on any atom is 0.259 e. The number of carbonyl (C=O) groups is 1. The van der Waals surface area contributed by atoms with Gasteiger partial charge in [-0.3, -0.25) is 4.79 Å². The highest BCUT2D eigenvalue weighted by Gasteiger charge is 2.13. The molecule has 21 heavy (non-hydrogen) atoms. The molecule has 0 aliphatic rings. The van der Waals surface area contributed by atoms with Crippen molar-refractivity contribution in [2.75, 3.05) is 11.6 Å². The third-order valence-electron chi connectivity index (χ3n) is 2.82. The molecule has 0 unspecified atom stereocenters. The molecule has 0 atom stereocenters. The molecule has 0 aromatic heterocycles. The number of hydrogen-bond acceptors (Lipinski definition) is 3. The van der Waals surface area contributed by atoms with E-state index in [2.05, 4.69) is 5.32 Å². The van der Waals surface area contributed by atoms with Crippen molar-refractivity contribution in [3.8, 4) is 5.75 Å². The molecule has 3 nitrogen and oxygen atoms in total. The maximum absolute atomic E-state index is 12.4. The molecule has 4 heteroatoms. The van der Waals surface area contributed by atoms with Crippen molar-refractivity contribution in [3.63, 3.8) is 0 Å². The minimum absolute atomic E-state index is 0.0266. The first-order chi connectivity index (χ1) is 10.1. The van der Waals surface area contributed by atoms with E-state index in [1.165, 1.54) is 0 Å². The molecular weight excluding hydrogens is 282 g/mol. The van der Waals surface area contributed by atoms with E-state index in [1.807, 2.05) is 62.6 Å². The van der Waals surface area contributed by atoms with Crippen LogP contribution >= 0.6 is 11.8 Å². The lowest BCUT2D eigenvalue weighted by Gasteiger charge is -2.14. The second-order valence-corrected chi connectivity index (χ2v) is 5.73. The average Bonchev–Trinajstić information content (AvgIpc) is 2.47. The van der Waals surface area contributed by atoms with Gasteiger partial charge in [-0.25, -0.2) is 0 Å². The Morgan fingerprint density at radius 3 is 2.62 bits per heavy atom. The van der Waals surface area contributed by atoms with E-state index in [1.54, 1.807) is 17.8 Å². The van der Waals surface area contributed by atoms with Gasteiger partial charge in [0.1, 0.15) is 5.75 Å². The molecule has 1 N–H and O–H groups in total. The molecule has 0 saturated carbocycles. The number of hydrogen-bond donors (Lipinski definition) is 1. The smallest absolute Gasteiger partial charge is 0.259 e. The predicted molar refractivity (Wildman–Crippen MR) is 88.4 cm³/mol. The van der Waals surface area contributed by atoms with Crippen LogP contribution in [0.15, 0.2) is 53.4 Å². The van der Waals surface area contributed by atoms with Crippen molar-refractivity contribution in [1.82, 2.24) is 0 Å². The van der Waals surface area contributed by atoms with Crippen LogP contribution in [-0.4, -0.2) is 18.3 Å². The Hall–Kier alpha value is -1.94. The topological polar surface area (TPSA) is 38.3 Å². The normalized spacial score (nSPS) is 10.5. The fraction of sp³-hybridized carbons (Fsp3) is 0.235. The molecule has 0 aliphatic carbocycles. The minimum Gasteiger partial charge on any atom is -0.490 e. The zero-order valence-electron chi connectivity index (χ0n) is 12.4. The first-order valence-corrected chi connectivity index (χ1v) is 8.03. The SMILES string of the molecule is CSc1cccc(NC(=O)c2ccccc2OC(C)C)c1. The van der Waals surface area contributed by atoms with Crippen molar-refractivity contribution in [1.29, 1.82) is 0 Å². The summed E-state index contributed by atoms with van der Waals surface area (Å²) in [6, 6.07) is 15.0. The van der Waals surface area contributed by atoms with Crippen LogP contribution in [0.25, 0.3) is 0 Å². The lowest BCUT2D eigenvalue weighted by atomic mass is 10.1. The first-order valence-electron chi connectivity index (χ1n) is 6.81. The van der Waals surface area contributed by atoms with Crippen molar-refractivity contribution in [3.05, 3.63) is 54.1 Å². The molecule has 1 amide bonds. The predicted octanol–water partition coefficient (Wildman–Crippen LogP) is 4.45. The van der Waals surface area contributed by atoms with E-state index in [9.17, 15) is 4.79 Å². The highest BCUT2D eigenvalue weighted by molar-refractivity contribution is 7.98. The van der Waals surface area contributed by atoms with Gasteiger partial charge in [0, 0.05) is 10.6 Å². The molecule has 0 bridgehead atoms. The number of nitrogens with one attached hydrogen (secondary N) is 1. The molecule has 0 radical (unpaired) electrons. The van der Waals surface area contributed by atoms with Crippen molar-refractivity contribution in [2.45, 2.75) is 24.8 Å². The second-order valence-electron chi connectivity index (χ2n) is 4.85. The van der Waals surface area contributed by atoms with Crippen LogP contribution in [0.1, 0.15) is 24.2 Å². The molecule has 2 aromatic carbocycles. The second kappa shape index (κ2) is 7.18. The Bertz CT molecular complexity index is 626. The summed E-state index contributed by atoms with van der Waals surface area (Å²) in [5.41, 5.74) is 1.33. The molecule has 2 rings (SSSR count). The van der Waals surface area contributed by atoms with Crippen LogP contribution in [0.4, 0.5) is 5.69 Å². The van der Waals surface area contributed by atoms with Crippen LogP contribution in [0.5, 0.6) is 5.75 Å². The van der Waals surface area contributed by atoms with Gasteiger partial charge in [0.2, 0.25) is 0 Å². The van der Waals surface area contributed by atoms with Gasteiger partial charge in [0.15, 0.2) is 0 Å². The third kappa shape index (κ3) is 4.26. The Balaban J connectivity index is 2.20. The Morgan fingerprint density at radius 1 is 1.14 bits per heavy atom. The number of amides is 1. The van der Waals surface area contributed by atoms with Gasteiger partial charge < -0.3 is 10.1 Å². The van der Waals surface area contributed by atoms with Crippen LogP contribution in [-0.2, 0) is 0 Å². The fourth-order valence-corrected chi connectivity index (χ4v) is 2.37. The van der Waals surface area contributed by atoms with Crippen LogP contribution in [0.2, 0.25) is 0 Å². The maximum atomic E-state index is 12.4. The summed E-state index contributed by atoms with van der Waals surface area (Å²) in [7, 11) is 0. The highest BCUT2D eigenvalue weighted by atomic mass is 32.2. The Kier molecular flexibility index (Phi) is 5.28. The number of carbonyl (C=O) groups excluding carboxylic acids is 1. The van der Waals surface area contributed by atoms with Gasteiger partial charge in [-0.05, 0) is 50.4 Å². The molecule has 0 fully saturated rings. The quantitative estimate of drug-likeness (QED) is 0.829. The van der Waals surface area contributed by atoms with Crippen molar-refractivity contribution < 1.29 is 9.53 Å². The van der Waals surface area contributed by atoms with Gasteiger partial charge in [0.25, 0.3) is 5.91 Å². The van der Waals surface area contributed by atoms with Gasteiger partial charge in [-0.2, -0.15) is 0 Å². The number of para-hydroxylation sites is 1. The average molecular weight is 301 g/mol. The van der Waals surface area contributed by atoms with E-state index in [4.69, 9.17) is 4.74 Å². The zero-order valence-corrected chi connectivity index (χ0v) is 13.2. The number of anilines is 1. The highest BCUT2D eigenvalue weighted by Crippen LogP contribution is 2.23. The van der Waals surface area contributed by atoms with Gasteiger partial charge in [-0.1, -0.05) is 18.2 Å². The van der Waals surface area contributed by atoms with E-state index < -0.39 is 0 Å². The molecular formula is C17H19NO2S. The molecule has 0 saturated heterocycles. The van der Waals surface area contributed by atoms with E-state index in [0.29, 0.717) is 11.3 Å². The third-order valence-corrected chi connectivity index (χ3v) is 3.55. The molecule has 2 aromatic rings.